The van der Waals surface area contributed by atoms with Crippen LogP contribution in [-0.4, -0.2) is 35.0 Å². The highest BCUT2D eigenvalue weighted by Gasteiger charge is 2.56. The van der Waals surface area contributed by atoms with Crippen LogP contribution in [0.2, 0.25) is 0 Å². The van der Waals surface area contributed by atoms with Gasteiger partial charge in [0.25, 0.3) is 0 Å². The summed E-state index contributed by atoms with van der Waals surface area (Å²) in [7, 11) is 0. The van der Waals surface area contributed by atoms with Crippen molar-refractivity contribution in [1.29, 1.82) is 0 Å². The minimum atomic E-state index is -0.509. The van der Waals surface area contributed by atoms with Crippen molar-refractivity contribution in [2.24, 2.45) is 29.6 Å². The molecule has 0 aromatic heterocycles. The van der Waals surface area contributed by atoms with Crippen LogP contribution >= 0.6 is 0 Å². The fourth-order valence-electron chi connectivity index (χ4n) is 4.41. The smallest absolute Gasteiger partial charge is 0.309 e. The van der Waals surface area contributed by atoms with Gasteiger partial charge >= 0.3 is 5.97 Å². The van der Waals surface area contributed by atoms with Crippen molar-refractivity contribution in [2.45, 2.75) is 38.4 Å². The fraction of sp³-hybridized carbons (Fsp3) is 0.800. The third kappa shape index (κ3) is 1.84. The second-order valence-electron chi connectivity index (χ2n) is 6.38. The predicted molar refractivity (Wildman–Crippen MR) is 69.1 cm³/mol. The highest BCUT2D eigenvalue weighted by atomic mass is 16.6. The van der Waals surface area contributed by atoms with E-state index in [4.69, 9.17) is 4.74 Å². The van der Waals surface area contributed by atoms with Crippen molar-refractivity contribution in [2.75, 3.05) is 6.61 Å². The van der Waals surface area contributed by atoms with Crippen LogP contribution in [0.1, 0.15) is 26.2 Å². The Morgan fingerprint density at radius 3 is 2.89 bits per heavy atom. The quantitative estimate of drug-likeness (QED) is 0.551. The fourth-order valence-corrected chi connectivity index (χ4v) is 4.41. The van der Waals surface area contributed by atoms with E-state index in [2.05, 4.69) is 6.58 Å². The Bertz CT molecular complexity index is 405. The molecule has 0 aromatic rings. The third-order valence-corrected chi connectivity index (χ3v) is 5.55. The normalized spacial score (nSPS) is 49.5. The number of rotatable bonds is 1. The third-order valence-electron chi connectivity index (χ3n) is 5.55. The van der Waals surface area contributed by atoms with Gasteiger partial charge in [-0.05, 0) is 25.2 Å². The summed E-state index contributed by atoms with van der Waals surface area (Å²) in [5.74, 6) is 0.0335. The molecule has 0 radical (unpaired) electrons. The van der Waals surface area contributed by atoms with E-state index in [-0.39, 0.29) is 48.3 Å². The van der Waals surface area contributed by atoms with Crippen molar-refractivity contribution in [3.63, 3.8) is 0 Å². The number of fused-ring (bicyclic) bond motifs is 3. The molecule has 106 valence electrons. The zero-order chi connectivity index (χ0) is 13.7. The zero-order valence-corrected chi connectivity index (χ0v) is 11.3. The van der Waals surface area contributed by atoms with Gasteiger partial charge < -0.3 is 14.9 Å². The molecule has 2 N–H and O–H groups in total. The molecule has 0 aromatic carbocycles. The first-order valence-electron chi connectivity index (χ1n) is 7.21. The SMILES string of the molecule is C=C1CC[C@@H]2[C@H](OC(=O)[C@H]2C)[C@H]2[C@H](CO)[C@@H](O)C[C@@H]12. The summed E-state index contributed by atoms with van der Waals surface area (Å²) in [6.45, 7) is 6.03. The lowest BCUT2D eigenvalue weighted by Crippen LogP contribution is -2.36. The molecule has 3 aliphatic rings. The topological polar surface area (TPSA) is 66.8 Å². The number of carbonyl (C=O) groups excluding carboxylic acids is 1. The van der Waals surface area contributed by atoms with E-state index in [0.717, 1.165) is 18.4 Å². The van der Waals surface area contributed by atoms with Gasteiger partial charge in [0, 0.05) is 24.4 Å². The largest absolute Gasteiger partial charge is 0.461 e. The molecule has 3 fully saturated rings. The van der Waals surface area contributed by atoms with E-state index >= 15 is 0 Å². The monoisotopic (exact) mass is 266 g/mol. The number of allylic oxidation sites excluding steroid dienone is 1. The summed E-state index contributed by atoms with van der Waals surface area (Å²) < 4.78 is 5.60. The molecular formula is C15H22O4. The second-order valence-corrected chi connectivity index (χ2v) is 6.38. The number of aliphatic hydroxyl groups is 2. The molecule has 1 aliphatic heterocycles. The molecule has 7 atom stereocenters. The van der Waals surface area contributed by atoms with Gasteiger partial charge in [-0.2, -0.15) is 0 Å². The molecule has 0 amide bonds. The van der Waals surface area contributed by atoms with E-state index in [0.29, 0.717) is 6.42 Å². The molecule has 19 heavy (non-hydrogen) atoms. The van der Waals surface area contributed by atoms with Crippen LogP contribution in [0.4, 0.5) is 0 Å². The highest BCUT2D eigenvalue weighted by molar-refractivity contribution is 5.75. The van der Waals surface area contributed by atoms with Crippen LogP contribution in [0.5, 0.6) is 0 Å². The predicted octanol–water partition coefficient (Wildman–Crippen LogP) is 1.12. The van der Waals surface area contributed by atoms with Crippen molar-refractivity contribution < 1.29 is 19.7 Å². The molecule has 0 spiro atoms. The van der Waals surface area contributed by atoms with Crippen molar-refractivity contribution >= 4 is 5.97 Å². The lowest BCUT2D eigenvalue weighted by atomic mass is 9.78. The molecule has 3 rings (SSSR count). The lowest BCUT2D eigenvalue weighted by molar-refractivity contribution is -0.147. The number of carbonyl (C=O) groups is 1. The van der Waals surface area contributed by atoms with E-state index in [1.807, 2.05) is 6.92 Å². The Morgan fingerprint density at radius 1 is 1.47 bits per heavy atom. The molecule has 4 nitrogen and oxygen atoms in total. The Labute approximate surface area is 113 Å². The van der Waals surface area contributed by atoms with Gasteiger partial charge in [-0.3, -0.25) is 4.79 Å². The van der Waals surface area contributed by atoms with Gasteiger partial charge in [-0.1, -0.05) is 19.1 Å². The minimum Gasteiger partial charge on any atom is -0.461 e. The maximum Gasteiger partial charge on any atom is 0.309 e. The van der Waals surface area contributed by atoms with Gasteiger partial charge in [0.2, 0.25) is 0 Å². The van der Waals surface area contributed by atoms with Crippen LogP contribution in [0.3, 0.4) is 0 Å². The molecule has 1 saturated heterocycles. The van der Waals surface area contributed by atoms with E-state index in [9.17, 15) is 15.0 Å². The van der Waals surface area contributed by atoms with Crippen molar-refractivity contribution in [1.82, 2.24) is 0 Å². The van der Waals surface area contributed by atoms with Gasteiger partial charge in [0.05, 0.1) is 12.0 Å². The number of ether oxygens (including phenoxy) is 1. The van der Waals surface area contributed by atoms with E-state index in [1.54, 1.807) is 0 Å². The highest BCUT2D eigenvalue weighted by Crippen LogP contribution is 2.52. The lowest BCUT2D eigenvalue weighted by Gasteiger charge is -2.30. The van der Waals surface area contributed by atoms with Crippen molar-refractivity contribution in [3.8, 4) is 0 Å². The maximum atomic E-state index is 11.8. The summed E-state index contributed by atoms with van der Waals surface area (Å²) in [5.41, 5.74) is 1.15. The summed E-state index contributed by atoms with van der Waals surface area (Å²) >= 11 is 0. The number of esters is 1. The molecule has 4 heteroatoms. The maximum absolute atomic E-state index is 11.8. The van der Waals surface area contributed by atoms with Crippen LogP contribution in [0, 0.1) is 29.6 Å². The Morgan fingerprint density at radius 2 is 2.21 bits per heavy atom. The van der Waals surface area contributed by atoms with Crippen LogP contribution in [0.25, 0.3) is 0 Å². The first-order valence-corrected chi connectivity index (χ1v) is 7.21. The van der Waals surface area contributed by atoms with E-state index in [1.165, 1.54) is 0 Å². The summed E-state index contributed by atoms with van der Waals surface area (Å²) in [6.07, 6.45) is 1.81. The first kappa shape index (κ1) is 13.1. The zero-order valence-electron chi connectivity index (χ0n) is 11.3. The minimum absolute atomic E-state index is 0.0360. The first-order chi connectivity index (χ1) is 9.04. The molecule has 2 saturated carbocycles. The van der Waals surface area contributed by atoms with Crippen LogP contribution < -0.4 is 0 Å². The second kappa shape index (κ2) is 4.60. The van der Waals surface area contributed by atoms with Gasteiger partial charge in [-0.15, -0.1) is 0 Å². The Hall–Kier alpha value is -0.870. The van der Waals surface area contributed by atoms with Gasteiger partial charge in [0.1, 0.15) is 6.10 Å². The molecule has 2 aliphatic carbocycles. The number of hydrogen-bond acceptors (Lipinski definition) is 4. The summed E-state index contributed by atoms with van der Waals surface area (Å²) in [6, 6.07) is 0. The van der Waals surface area contributed by atoms with Gasteiger partial charge in [-0.25, -0.2) is 0 Å². The van der Waals surface area contributed by atoms with Crippen LogP contribution in [-0.2, 0) is 9.53 Å². The van der Waals surface area contributed by atoms with Crippen molar-refractivity contribution in [3.05, 3.63) is 12.2 Å². The van der Waals surface area contributed by atoms with E-state index < -0.39 is 6.10 Å². The van der Waals surface area contributed by atoms with Gasteiger partial charge in [0.15, 0.2) is 0 Å². The molecular weight excluding hydrogens is 244 g/mol. The average molecular weight is 266 g/mol. The number of aliphatic hydroxyl groups excluding tert-OH is 2. The molecule has 0 bridgehead atoms. The Balaban J connectivity index is 1.96. The molecule has 0 unspecified atom stereocenters. The molecule has 1 heterocycles. The van der Waals surface area contributed by atoms with Crippen LogP contribution in [0.15, 0.2) is 12.2 Å². The Kier molecular flexibility index (Phi) is 3.18. The summed E-state index contributed by atoms with van der Waals surface area (Å²) in [4.78, 5) is 11.8. The number of hydrogen-bond donors (Lipinski definition) is 2. The standard InChI is InChI=1S/C15H22O4/c1-7-3-4-9-8(2)15(18)19-14(9)13-10(7)5-12(17)11(13)6-16/h8-14,16-17H,1,3-6H2,2H3/t8-,9-,10-,11+,12-,13+,14-/m0/s1. The summed E-state index contributed by atoms with van der Waals surface area (Å²) in [5, 5.41) is 19.7. The average Bonchev–Trinajstić information content (AvgIpc) is 2.81.